The molecule has 1 saturated carbocycles. The lowest BCUT2D eigenvalue weighted by Crippen LogP contribution is -2.53. The molecule has 3 aliphatic heterocycles. The highest BCUT2D eigenvalue weighted by atomic mass is 35.5. The molecule has 3 heterocycles. The van der Waals surface area contributed by atoms with Gasteiger partial charge in [-0.25, -0.2) is 4.90 Å². The Morgan fingerprint density at radius 1 is 0.698 bits per heavy atom. The number of rotatable bonds is 5. The summed E-state index contributed by atoms with van der Waals surface area (Å²) in [6, 6.07) is 28.0. The van der Waals surface area contributed by atoms with E-state index in [1.54, 1.807) is 36.4 Å². The zero-order valence-corrected chi connectivity index (χ0v) is 30.0. The van der Waals surface area contributed by atoms with Gasteiger partial charge in [-0.1, -0.05) is 71.2 Å². The number of carbonyl (C=O) groups is 4. The van der Waals surface area contributed by atoms with Crippen LogP contribution in [0.15, 0.2) is 109 Å². The van der Waals surface area contributed by atoms with Crippen LogP contribution in [0.3, 0.4) is 0 Å². The van der Waals surface area contributed by atoms with Crippen LogP contribution in [-0.4, -0.2) is 55.0 Å². The van der Waals surface area contributed by atoms with Gasteiger partial charge in [0.15, 0.2) is 0 Å². The molecule has 5 aliphatic rings. The topological polar surface area (TPSA) is 107 Å². The van der Waals surface area contributed by atoms with Crippen molar-refractivity contribution in [1.82, 2.24) is 0 Å². The van der Waals surface area contributed by atoms with Crippen LogP contribution in [0.4, 0.5) is 17.1 Å². The molecule has 0 spiro atoms. The van der Waals surface area contributed by atoms with Crippen molar-refractivity contribution in [2.45, 2.75) is 24.2 Å². The second-order valence-electron chi connectivity index (χ2n) is 14.4. The number of hydrogen-bond acceptors (Lipinski definition) is 7. The van der Waals surface area contributed by atoms with Crippen LogP contribution >= 0.6 is 23.2 Å². The van der Waals surface area contributed by atoms with E-state index in [2.05, 4.69) is 4.90 Å². The maximum absolute atomic E-state index is 15.3. The second-order valence-corrected chi connectivity index (χ2v) is 15.3. The molecule has 4 aromatic rings. The maximum atomic E-state index is 15.3. The van der Waals surface area contributed by atoms with Crippen molar-refractivity contribution < 1.29 is 29.0 Å². The summed E-state index contributed by atoms with van der Waals surface area (Å²) >= 11 is 13.0. The minimum Gasteiger partial charge on any atom is -0.508 e. The van der Waals surface area contributed by atoms with Gasteiger partial charge in [-0.05, 0) is 85.0 Å². The van der Waals surface area contributed by atoms with E-state index in [0.717, 1.165) is 24.4 Å². The first-order valence-corrected chi connectivity index (χ1v) is 18.6. The van der Waals surface area contributed by atoms with E-state index in [1.807, 2.05) is 60.7 Å². The molecule has 1 N–H and O–H groups in total. The number of phenolic OH excluding ortho intramolecular Hbond substituents is 1. The normalized spacial score (nSPS) is 28.2. The average molecular weight is 749 g/mol. The summed E-state index contributed by atoms with van der Waals surface area (Å²) in [6.07, 6.45) is 2.37. The number of anilines is 3. The van der Waals surface area contributed by atoms with Gasteiger partial charge in [0.05, 0.1) is 47.8 Å². The number of halogens is 2. The number of morpholine rings is 1. The predicted molar refractivity (Wildman–Crippen MR) is 201 cm³/mol. The highest BCUT2D eigenvalue weighted by molar-refractivity contribution is 6.32. The molecule has 0 aromatic heterocycles. The van der Waals surface area contributed by atoms with E-state index >= 15 is 4.79 Å². The molecule has 0 bridgehead atoms. The summed E-state index contributed by atoms with van der Waals surface area (Å²) in [6.45, 7) is 2.78. The maximum Gasteiger partial charge on any atom is 0.246 e. The van der Waals surface area contributed by atoms with Gasteiger partial charge in [-0.2, -0.15) is 0 Å². The van der Waals surface area contributed by atoms with E-state index < -0.39 is 46.8 Å². The van der Waals surface area contributed by atoms with Gasteiger partial charge in [0.25, 0.3) is 0 Å². The number of ether oxygens (including phenoxy) is 1. The molecular formula is C42H35Cl2N3O6. The third-order valence-corrected chi connectivity index (χ3v) is 12.4. The summed E-state index contributed by atoms with van der Waals surface area (Å²) in [4.78, 5) is 63.8. The Kier molecular flexibility index (Phi) is 8.22. The minimum atomic E-state index is -1.52. The quantitative estimate of drug-likeness (QED) is 0.175. The highest BCUT2D eigenvalue weighted by Gasteiger charge is 2.70. The molecule has 4 fully saturated rings. The molecule has 2 aliphatic carbocycles. The number of benzene rings is 4. The Morgan fingerprint density at radius 3 is 2.15 bits per heavy atom. The average Bonchev–Trinajstić information content (AvgIpc) is 3.57. The fourth-order valence-electron chi connectivity index (χ4n) is 9.73. The third-order valence-electron chi connectivity index (χ3n) is 12.0. The van der Waals surface area contributed by atoms with Crippen LogP contribution in [0.5, 0.6) is 5.75 Å². The molecule has 6 unspecified atom stereocenters. The number of phenols is 1. The van der Waals surface area contributed by atoms with Crippen molar-refractivity contribution in [1.29, 1.82) is 0 Å². The van der Waals surface area contributed by atoms with Crippen molar-refractivity contribution in [3.05, 3.63) is 130 Å². The largest absolute Gasteiger partial charge is 0.508 e. The van der Waals surface area contributed by atoms with Gasteiger partial charge >= 0.3 is 0 Å². The van der Waals surface area contributed by atoms with Gasteiger partial charge in [0, 0.05) is 40.3 Å². The van der Waals surface area contributed by atoms with E-state index in [9.17, 15) is 19.5 Å². The van der Waals surface area contributed by atoms with Crippen molar-refractivity contribution in [2.24, 2.45) is 23.7 Å². The van der Waals surface area contributed by atoms with Crippen LogP contribution in [0, 0.1) is 23.7 Å². The van der Waals surface area contributed by atoms with Gasteiger partial charge in [0.2, 0.25) is 23.6 Å². The number of fused-ring (bicyclic) bond motifs is 4. The molecule has 11 heteroatoms. The summed E-state index contributed by atoms with van der Waals surface area (Å²) in [5.74, 6) is -5.44. The number of aromatic hydroxyl groups is 1. The van der Waals surface area contributed by atoms with Crippen LogP contribution in [0.25, 0.3) is 0 Å². The van der Waals surface area contributed by atoms with Crippen molar-refractivity contribution in [3.63, 3.8) is 0 Å². The Balaban J connectivity index is 1.19. The molecule has 4 amide bonds. The Hall–Kier alpha value is -4.96. The van der Waals surface area contributed by atoms with E-state index in [0.29, 0.717) is 45.8 Å². The lowest BCUT2D eigenvalue weighted by molar-refractivity contribution is -0.127. The second kappa shape index (κ2) is 12.9. The number of hydrogen-bond donors (Lipinski definition) is 1. The molecule has 9 rings (SSSR count). The first-order valence-electron chi connectivity index (χ1n) is 17.9. The Labute approximate surface area is 316 Å². The number of allylic oxidation sites excluding steroid dienone is 2. The molecule has 6 atom stereocenters. The molecule has 268 valence electrons. The number of imide groups is 2. The van der Waals surface area contributed by atoms with E-state index in [-0.39, 0.29) is 30.4 Å². The zero-order valence-electron chi connectivity index (χ0n) is 28.5. The SMILES string of the molecule is O=C1C2CC=C3C(CC4C(=O)N(c5cccc(Cl)c5)C(=O)C4(c4ccccc4)C3c3cc(Cl)ccc3O)C2C(=O)N1c1ccc(N2CCOCC2)cc1. The van der Waals surface area contributed by atoms with Crippen LogP contribution in [-0.2, 0) is 29.3 Å². The molecule has 53 heavy (non-hydrogen) atoms. The van der Waals surface area contributed by atoms with Gasteiger partial charge < -0.3 is 14.7 Å². The van der Waals surface area contributed by atoms with Crippen LogP contribution in [0.1, 0.15) is 29.9 Å². The number of carbonyl (C=O) groups excluding carboxylic acids is 4. The minimum absolute atomic E-state index is 0.0885. The summed E-state index contributed by atoms with van der Waals surface area (Å²) in [5, 5.41) is 12.3. The first kappa shape index (κ1) is 33.8. The Bertz CT molecular complexity index is 2200. The summed E-state index contributed by atoms with van der Waals surface area (Å²) < 4.78 is 5.49. The number of nitrogens with zero attached hydrogens (tertiary/aromatic N) is 3. The Morgan fingerprint density at radius 2 is 1.42 bits per heavy atom. The van der Waals surface area contributed by atoms with Gasteiger partial charge in [-0.3, -0.25) is 24.1 Å². The predicted octanol–water partition coefficient (Wildman–Crippen LogP) is 6.90. The van der Waals surface area contributed by atoms with Crippen molar-refractivity contribution in [3.8, 4) is 5.75 Å². The fraction of sp³-hybridized carbons (Fsp3) is 0.286. The fourth-order valence-corrected chi connectivity index (χ4v) is 10.1. The van der Waals surface area contributed by atoms with Crippen molar-refractivity contribution >= 4 is 63.9 Å². The van der Waals surface area contributed by atoms with Crippen molar-refractivity contribution in [2.75, 3.05) is 41.0 Å². The van der Waals surface area contributed by atoms with E-state index in [1.165, 1.54) is 15.9 Å². The standard InChI is InChI=1S/C42H35Cl2N3O6/c43-25-7-4-8-29(21-25)47-39(50)34-23-32-30(37(33-22-26(44)9-16-35(33)48)42(34,41(47)52)24-5-2-1-3-6-24)14-15-31-36(32)40(51)46(38(31)49)28-12-10-27(11-13-28)45-17-19-53-20-18-45/h1-14,16,21-22,31-32,34,36-37,48H,15,17-20,23H2. The lowest BCUT2D eigenvalue weighted by Gasteiger charge is -2.50. The van der Waals surface area contributed by atoms with Gasteiger partial charge in [0.1, 0.15) is 5.75 Å². The molecular weight excluding hydrogens is 713 g/mol. The lowest BCUT2D eigenvalue weighted by atomic mass is 9.49. The number of amides is 4. The molecule has 4 aromatic carbocycles. The first-order chi connectivity index (χ1) is 25.7. The third kappa shape index (κ3) is 5.08. The smallest absolute Gasteiger partial charge is 0.246 e. The molecule has 9 nitrogen and oxygen atoms in total. The monoisotopic (exact) mass is 747 g/mol. The summed E-state index contributed by atoms with van der Waals surface area (Å²) in [7, 11) is 0. The van der Waals surface area contributed by atoms with Gasteiger partial charge in [-0.15, -0.1) is 0 Å². The van der Waals surface area contributed by atoms with Crippen LogP contribution in [0.2, 0.25) is 10.0 Å². The summed E-state index contributed by atoms with van der Waals surface area (Å²) in [5.41, 5.74) is 2.02. The van der Waals surface area contributed by atoms with Crippen LogP contribution < -0.4 is 14.7 Å². The van der Waals surface area contributed by atoms with E-state index in [4.69, 9.17) is 27.9 Å². The molecule has 0 radical (unpaired) electrons. The molecule has 3 saturated heterocycles. The zero-order chi connectivity index (χ0) is 36.6. The highest BCUT2D eigenvalue weighted by Crippen LogP contribution is 2.65.